The summed E-state index contributed by atoms with van der Waals surface area (Å²) >= 11 is 0. The number of benzene rings is 2. The van der Waals surface area contributed by atoms with E-state index in [4.69, 9.17) is 11.5 Å². The number of hydrogen-bond donors (Lipinski definition) is 5. The second-order valence-electron chi connectivity index (χ2n) is 10.1. The van der Waals surface area contributed by atoms with Crippen molar-refractivity contribution in [2.45, 2.75) is 45.2 Å². The summed E-state index contributed by atoms with van der Waals surface area (Å²) < 4.78 is 0. The second-order valence-corrected chi connectivity index (χ2v) is 10.1. The number of para-hydroxylation sites is 1. The van der Waals surface area contributed by atoms with Crippen LogP contribution in [0.1, 0.15) is 38.7 Å². The molecular formula is C29H34N6O3. The number of nitrogens with one attached hydrogen (secondary N) is 1. The fourth-order valence-corrected chi connectivity index (χ4v) is 5.06. The van der Waals surface area contributed by atoms with Crippen molar-refractivity contribution in [3.63, 3.8) is 0 Å². The minimum Gasteiger partial charge on any atom is -0.507 e. The molecule has 2 aromatic carbocycles. The SMILES string of the molecule is CC(C)C[C@H](Nc1cc(-c2cc(-c3ccccc3O)nc(N)c2C#N)ccc1N1CCC[C@H]1CO)C(N)=O. The monoisotopic (exact) mass is 514 g/mol. The quantitative estimate of drug-likeness (QED) is 0.288. The molecule has 0 spiro atoms. The summed E-state index contributed by atoms with van der Waals surface area (Å²) in [4.78, 5) is 18.9. The zero-order valence-corrected chi connectivity index (χ0v) is 21.7. The van der Waals surface area contributed by atoms with Crippen LogP contribution in [0.15, 0.2) is 48.5 Å². The Kier molecular flexibility index (Phi) is 8.03. The number of aliphatic hydroxyl groups is 1. The first kappa shape index (κ1) is 26.8. The summed E-state index contributed by atoms with van der Waals surface area (Å²) in [6.45, 7) is 4.84. The van der Waals surface area contributed by atoms with Crippen LogP contribution in [0.3, 0.4) is 0 Å². The Balaban J connectivity index is 1.87. The molecule has 9 nitrogen and oxygen atoms in total. The lowest BCUT2D eigenvalue weighted by Gasteiger charge is -2.30. The lowest BCUT2D eigenvalue weighted by atomic mass is 9.96. The first-order chi connectivity index (χ1) is 18.2. The standard InChI is InChI=1S/C29H34N6O3/c1-17(2)12-25(29(32)38)33-24-13-18(9-10-26(24)35-11-5-6-19(35)16-36)21-14-23(34-28(31)22(21)15-30)20-7-3-4-8-27(20)37/h3-4,7-10,13-14,17,19,25,33,36-37H,5-6,11-12,16H2,1-2H3,(H2,31,34)(H2,32,38)/t19-,25-/m0/s1. The minimum atomic E-state index is -0.603. The molecule has 0 bridgehead atoms. The lowest BCUT2D eigenvalue weighted by molar-refractivity contribution is -0.119. The van der Waals surface area contributed by atoms with Gasteiger partial charge in [0.1, 0.15) is 29.2 Å². The van der Waals surface area contributed by atoms with Crippen LogP contribution in [0, 0.1) is 17.2 Å². The molecule has 1 aliphatic rings. The number of phenols is 1. The van der Waals surface area contributed by atoms with Crippen LogP contribution in [-0.2, 0) is 4.79 Å². The maximum atomic E-state index is 12.3. The molecular weight excluding hydrogens is 480 g/mol. The summed E-state index contributed by atoms with van der Waals surface area (Å²) in [6, 6.07) is 15.7. The van der Waals surface area contributed by atoms with Gasteiger partial charge in [-0.05, 0) is 61.1 Å². The average molecular weight is 515 g/mol. The van der Waals surface area contributed by atoms with Gasteiger partial charge < -0.3 is 31.9 Å². The van der Waals surface area contributed by atoms with E-state index < -0.39 is 11.9 Å². The van der Waals surface area contributed by atoms with E-state index in [0.29, 0.717) is 34.5 Å². The summed E-state index contributed by atoms with van der Waals surface area (Å²) in [5.74, 6) is -0.121. The zero-order valence-electron chi connectivity index (χ0n) is 21.7. The number of aromatic nitrogens is 1. The van der Waals surface area contributed by atoms with E-state index in [1.165, 1.54) is 0 Å². The van der Waals surface area contributed by atoms with Gasteiger partial charge in [0, 0.05) is 17.7 Å². The fraction of sp³-hybridized carbons (Fsp3) is 0.345. The van der Waals surface area contributed by atoms with Crippen LogP contribution in [-0.4, -0.2) is 46.3 Å². The van der Waals surface area contributed by atoms with E-state index in [9.17, 15) is 20.3 Å². The number of pyridine rings is 1. The molecule has 0 unspecified atom stereocenters. The van der Waals surface area contributed by atoms with Gasteiger partial charge in [-0.2, -0.15) is 5.26 Å². The van der Waals surface area contributed by atoms with E-state index in [-0.39, 0.29) is 35.7 Å². The molecule has 2 heterocycles. The molecule has 0 radical (unpaired) electrons. The van der Waals surface area contributed by atoms with E-state index in [1.807, 2.05) is 32.0 Å². The Bertz CT molecular complexity index is 1370. The number of rotatable bonds is 9. The van der Waals surface area contributed by atoms with Crippen LogP contribution in [0.5, 0.6) is 5.75 Å². The Morgan fingerprint density at radius 3 is 2.66 bits per heavy atom. The predicted octanol–water partition coefficient (Wildman–Crippen LogP) is 3.85. The van der Waals surface area contributed by atoms with Gasteiger partial charge in [0.25, 0.3) is 0 Å². The molecule has 4 rings (SSSR count). The van der Waals surface area contributed by atoms with Gasteiger partial charge in [0.2, 0.25) is 5.91 Å². The zero-order chi connectivity index (χ0) is 27.4. The smallest absolute Gasteiger partial charge is 0.239 e. The van der Waals surface area contributed by atoms with Crippen molar-refractivity contribution in [2.24, 2.45) is 11.7 Å². The molecule has 0 saturated carbocycles. The molecule has 9 heteroatoms. The molecule has 1 aliphatic heterocycles. The summed E-state index contributed by atoms with van der Waals surface area (Å²) in [6.07, 6.45) is 2.36. The number of aliphatic hydroxyl groups excluding tert-OH is 1. The maximum Gasteiger partial charge on any atom is 0.239 e. The molecule has 1 saturated heterocycles. The largest absolute Gasteiger partial charge is 0.507 e. The number of carbonyl (C=O) groups excluding carboxylic acids is 1. The van der Waals surface area contributed by atoms with E-state index >= 15 is 0 Å². The number of nitrogen functional groups attached to an aromatic ring is 1. The molecule has 3 aromatic rings. The topological polar surface area (TPSA) is 162 Å². The number of nitriles is 1. The highest BCUT2D eigenvalue weighted by Gasteiger charge is 2.28. The number of aromatic hydroxyl groups is 1. The van der Waals surface area contributed by atoms with E-state index in [2.05, 4.69) is 21.3 Å². The van der Waals surface area contributed by atoms with Crippen molar-refractivity contribution in [2.75, 3.05) is 29.1 Å². The molecule has 7 N–H and O–H groups in total. The fourth-order valence-electron chi connectivity index (χ4n) is 5.06. The average Bonchev–Trinajstić information content (AvgIpc) is 3.36. The van der Waals surface area contributed by atoms with Crippen LogP contribution in [0.4, 0.5) is 17.2 Å². The van der Waals surface area contributed by atoms with E-state index in [0.717, 1.165) is 25.1 Å². The lowest BCUT2D eigenvalue weighted by Crippen LogP contribution is -2.38. The number of anilines is 3. The van der Waals surface area contributed by atoms with Gasteiger partial charge in [0.15, 0.2) is 0 Å². The van der Waals surface area contributed by atoms with Gasteiger partial charge in [-0.15, -0.1) is 0 Å². The minimum absolute atomic E-state index is 0.0236. The van der Waals surface area contributed by atoms with Crippen molar-refractivity contribution >= 4 is 23.1 Å². The molecule has 0 aliphatic carbocycles. The first-order valence-electron chi connectivity index (χ1n) is 12.8. The molecule has 2 atom stereocenters. The summed E-state index contributed by atoms with van der Waals surface area (Å²) in [5, 5.41) is 33.6. The van der Waals surface area contributed by atoms with Crippen LogP contribution >= 0.6 is 0 Å². The number of nitrogens with two attached hydrogens (primary N) is 2. The normalized spacial score (nSPS) is 15.9. The van der Waals surface area contributed by atoms with Crippen molar-refractivity contribution in [1.82, 2.24) is 4.98 Å². The Morgan fingerprint density at radius 2 is 2.00 bits per heavy atom. The maximum absolute atomic E-state index is 12.3. The number of hydrogen-bond acceptors (Lipinski definition) is 8. The van der Waals surface area contributed by atoms with Crippen molar-refractivity contribution < 1.29 is 15.0 Å². The van der Waals surface area contributed by atoms with Crippen LogP contribution < -0.4 is 21.7 Å². The Labute approximate surface area is 222 Å². The molecule has 1 amide bonds. The molecule has 1 fully saturated rings. The van der Waals surface area contributed by atoms with Gasteiger partial charge in [-0.3, -0.25) is 4.79 Å². The van der Waals surface area contributed by atoms with Crippen LogP contribution in [0.2, 0.25) is 0 Å². The molecule has 38 heavy (non-hydrogen) atoms. The summed E-state index contributed by atoms with van der Waals surface area (Å²) in [7, 11) is 0. The van der Waals surface area contributed by atoms with Crippen molar-refractivity contribution in [3.05, 3.63) is 54.1 Å². The number of amides is 1. The highest BCUT2D eigenvalue weighted by atomic mass is 16.3. The van der Waals surface area contributed by atoms with Crippen molar-refractivity contribution in [1.29, 1.82) is 5.26 Å². The third kappa shape index (κ3) is 5.50. The van der Waals surface area contributed by atoms with Gasteiger partial charge in [-0.1, -0.05) is 32.0 Å². The van der Waals surface area contributed by atoms with E-state index in [1.54, 1.807) is 30.3 Å². The molecule has 198 valence electrons. The summed E-state index contributed by atoms with van der Waals surface area (Å²) in [5.41, 5.74) is 15.9. The third-order valence-corrected chi connectivity index (χ3v) is 6.92. The predicted molar refractivity (Wildman–Crippen MR) is 149 cm³/mol. The third-order valence-electron chi connectivity index (χ3n) is 6.92. The highest BCUT2D eigenvalue weighted by molar-refractivity contribution is 5.88. The Hall–Kier alpha value is -4.29. The number of phenolic OH excluding ortho intramolecular Hbond substituents is 1. The van der Waals surface area contributed by atoms with Gasteiger partial charge >= 0.3 is 0 Å². The number of nitrogens with zero attached hydrogens (tertiary/aromatic N) is 3. The first-order valence-corrected chi connectivity index (χ1v) is 12.8. The van der Waals surface area contributed by atoms with Gasteiger partial charge in [0.05, 0.1) is 29.7 Å². The molecule has 1 aromatic heterocycles. The highest BCUT2D eigenvalue weighted by Crippen LogP contribution is 2.39. The van der Waals surface area contributed by atoms with Gasteiger partial charge in [-0.25, -0.2) is 4.98 Å². The number of carbonyl (C=O) groups is 1. The van der Waals surface area contributed by atoms with Crippen molar-refractivity contribution in [3.8, 4) is 34.2 Å². The Morgan fingerprint density at radius 1 is 1.24 bits per heavy atom. The number of primary amides is 1. The van der Waals surface area contributed by atoms with Crippen LogP contribution in [0.25, 0.3) is 22.4 Å². The second kappa shape index (κ2) is 11.4.